The molecule has 1 amide bonds. The Kier molecular flexibility index (Phi) is 5.72. The van der Waals surface area contributed by atoms with Crippen molar-refractivity contribution in [2.24, 2.45) is 10.1 Å². The predicted molar refractivity (Wildman–Crippen MR) is 119 cm³/mol. The van der Waals surface area contributed by atoms with Crippen molar-refractivity contribution in [3.63, 3.8) is 0 Å². The molecule has 0 radical (unpaired) electrons. The third-order valence-corrected chi connectivity index (χ3v) is 5.23. The van der Waals surface area contributed by atoms with Gasteiger partial charge < -0.3 is 10.1 Å². The highest BCUT2D eigenvalue weighted by Gasteiger charge is 2.17. The Morgan fingerprint density at radius 2 is 2.10 bits per heavy atom. The smallest absolute Gasteiger partial charge is 0.269 e. The molecule has 4 rings (SSSR count). The largest absolute Gasteiger partial charge is 0.482 e. The highest BCUT2D eigenvalue weighted by atomic mass is 32.1. The zero-order valence-electron chi connectivity index (χ0n) is 16.2. The van der Waals surface area contributed by atoms with Crippen LogP contribution in [-0.4, -0.2) is 34.9 Å². The Morgan fingerprint density at radius 1 is 1.29 bits per heavy atom. The molecule has 0 unspecified atom stereocenters. The van der Waals surface area contributed by atoms with E-state index in [9.17, 15) is 14.9 Å². The molecule has 31 heavy (non-hydrogen) atoms. The molecule has 1 N–H and O–H groups in total. The number of fused-ring (bicyclic) bond motifs is 1. The van der Waals surface area contributed by atoms with E-state index < -0.39 is 4.92 Å². The van der Waals surface area contributed by atoms with Crippen molar-refractivity contribution < 1.29 is 14.5 Å². The molecule has 0 saturated carbocycles. The van der Waals surface area contributed by atoms with E-state index in [1.807, 2.05) is 17.5 Å². The van der Waals surface area contributed by atoms with E-state index in [1.54, 1.807) is 35.2 Å². The average molecular weight is 435 g/mol. The minimum atomic E-state index is -0.447. The second-order valence-corrected chi connectivity index (χ2v) is 7.32. The van der Waals surface area contributed by atoms with Crippen molar-refractivity contribution in [2.75, 3.05) is 18.5 Å². The zero-order chi connectivity index (χ0) is 21.8. The van der Waals surface area contributed by atoms with Gasteiger partial charge in [0.25, 0.3) is 11.6 Å². The van der Waals surface area contributed by atoms with Gasteiger partial charge in [-0.25, -0.2) is 4.68 Å². The Labute approximate surface area is 180 Å². The Morgan fingerprint density at radius 3 is 2.84 bits per heavy atom. The summed E-state index contributed by atoms with van der Waals surface area (Å²) >= 11 is 1.42. The number of nitro benzene ring substituents is 1. The lowest BCUT2D eigenvalue weighted by molar-refractivity contribution is -0.384. The molecule has 0 saturated heterocycles. The zero-order valence-corrected chi connectivity index (χ0v) is 17.0. The molecule has 10 heteroatoms. The molecule has 0 fully saturated rings. The molecule has 2 heterocycles. The van der Waals surface area contributed by atoms with Gasteiger partial charge in [-0.15, -0.1) is 17.9 Å². The minimum Gasteiger partial charge on any atom is -0.482 e. The molecular weight excluding hydrogens is 418 g/mol. The van der Waals surface area contributed by atoms with Gasteiger partial charge in [-0.2, -0.15) is 5.10 Å². The average Bonchev–Trinajstić information content (AvgIpc) is 3.18. The maximum atomic E-state index is 11.7. The van der Waals surface area contributed by atoms with Gasteiger partial charge in [0.1, 0.15) is 5.75 Å². The Hall–Kier alpha value is -4.05. The van der Waals surface area contributed by atoms with E-state index >= 15 is 0 Å². The van der Waals surface area contributed by atoms with E-state index in [1.165, 1.54) is 23.5 Å². The number of nitrogens with zero attached hydrogens (tertiary/aromatic N) is 4. The second kappa shape index (κ2) is 8.76. The van der Waals surface area contributed by atoms with E-state index in [0.29, 0.717) is 28.3 Å². The lowest BCUT2D eigenvalue weighted by Gasteiger charge is -2.18. The van der Waals surface area contributed by atoms with E-state index in [-0.39, 0.29) is 18.2 Å². The number of aromatic nitrogens is 1. The maximum absolute atomic E-state index is 11.7. The van der Waals surface area contributed by atoms with Gasteiger partial charge in [-0.05, 0) is 35.9 Å². The number of carbonyl (C=O) groups excluding carboxylic acids is 1. The number of nitrogens with one attached hydrogen (secondary N) is 1. The van der Waals surface area contributed by atoms with Crippen molar-refractivity contribution in [3.05, 3.63) is 81.0 Å². The van der Waals surface area contributed by atoms with Gasteiger partial charge in [0.05, 0.1) is 29.1 Å². The molecule has 2 aromatic carbocycles. The fourth-order valence-corrected chi connectivity index (χ4v) is 3.76. The number of ether oxygens (including phenoxy) is 1. The molecule has 0 aliphatic carbocycles. The number of thiazole rings is 1. The fourth-order valence-electron chi connectivity index (χ4n) is 2.91. The van der Waals surface area contributed by atoms with Crippen LogP contribution in [0.25, 0.3) is 11.3 Å². The third-order valence-electron chi connectivity index (χ3n) is 4.38. The number of hydrogen-bond donors (Lipinski definition) is 1. The van der Waals surface area contributed by atoms with Crippen LogP contribution >= 0.6 is 11.3 Å². The highest BCUT2D eigenvalue weighted by molar-refractivity contribution is 7.07. The van der Waals surface area contributed by atoms with Crippen molar-refractivity contribution in [1.29, 1.82) is 0 Å². The molecule has 0 spiro atoms. The van der Waals surface area contributed by atoms with Gasteiger partial charge in [0.2, 0.25) is 4.80 Å². The van der Waals surface area contributed by atoms with Gasteiger partial charge in [0, 0.05) is 23.1 Å². The van der Waals surface area contributed by atoms with Crippen LogP contribution in [0.5, 0.6) is 5.75 Å². The van der Waals surface area contributed by atoms with Crippen molar-refractivity contribution in [1.82, 2.24) is 4.68 Å². The quantitative estimate of drug-likeness (QED) is 0.277. The second-order valence-electron chi connectivity index (χ2n) is 6.49. The van der Waals surface area contributed by atoms with E-state index in [2.05, 4.69) is 22.0 Å². The summed E-state index contributed by atoms with van der Waals surface area (Å²) in [5, 5.41) is 20.1. The number of non-ortho nitro benzene ring substituents is 1. The minimum absolute atomic E-state index is 0.00505. The number of hydrogen-bond acceptors (Lipinski definition) is 7. The summed E-state index contributed by atoms with van der Waals surface area (Å²) in [5.41, 5.74) is 2.91. The first-order valence-electron chi connectivity index (χ1n) is 9.23. The fraction of sp³-hybridized carbons (Fsp3) is 0.0952. The number of rotatable bonds is 6. The van der Waals surface area contributed by atoms with Crippen LogP contribution in [-0.2, 0) is 4.79 Å². The Bertz CT molecular complexity index is 1260. The lowest BCUT2D eigenvalue weighted by atomic mass is 10.1. The molecule has 1 aromatic heterocycles. The monoisotopic (exact) mass is 435 g/mol. The molecule has 0 atom stereocenters. The first-order valence-corrected chi connectivity index (χ1v) is 10.1. The first-order chi connectivity index (χ1) is 15.0. The lowest BCUT2D eigenvalue weighted by Crippen LogP contribution is -2.25. The standard InChI is InChI=1S/C21H17N5O4S/c1-2-9-22-21-25(23-11-14-3-6-16(7-4-14)26(28)29)18(13-31-21)15-5-8-19-17(10-15)24-20(27)12-30-19/h2-8,10-11,13H,1,9,12H2,(H,24,27). The summed E-state index contributed by atoms with van der Waals surface area (Å²) in [4.78, 5) is 27.2. The van der Waals surface area contributed by atoms with Crippen LogP contribution < -0.4 is 14.9 Å². The number of amides is 1. The van der Waals surface area contributed by atoms with E-state index in [0.717, 1.165) is 11.3 Å². The summed E-state index contributed by atoms with van der Waals surface area (Å²) in [7, 11) is 0. The number of nitro groups is 1. The summed E-state index contributed by atoms with van der Waals surface area (Å²) < 4.78 is 7.11. The van der Waals surface area contributed by atoms with Crippen LogP contribution in [0, 0.1) is 10.1 Å². The number of carbonyl (C=O) groups is 1. The molecule has 1 aliphatic heterocycles. The predicted octanol–water partition coefficient (Wildman–Crippen LogP) is 3.42. The van der Waals surface area contributed by atoms with Gasteiger partial charge in [0.15, 0.2) is 6.61 Å². The van der Waals surface area contributed by atoms with Gasteiger partial charge in [-0.1, -0.05) is 6.08 Å². The summed E-state index contributed by atoms with van der Waals surface area (Å²) in [6.07, 6.45) is 3.30. The third kappa shape index (κ3) is 4.43. The van der Waals surface area contributed by atoms with Crippen LogP contribution in [0.2, 0.25) is 0 Å². The van der Waals surface area contributed by atoms with Crippen LogP contribution in [0.1, 0.15) is 5.56 Å². The summed E-state index contributed by atoms with van der Waals surface area (Å²) in [5.74, 6) is 0.400. The van der Waals surface area contributed by atoms with Crippen molar-refractivity contribution in [3.8, 4) is 17.0 Å². The molecule has 156 valence electrons. The van der Waals surface area contributed by atoms with Crippen LogP contribution in [0.4, 0.5) is 11.4 Å². The van der Waals surface area contributed by atoms with E-state index in [4.69, 9.17) is 4.74 Å². The molecular formula is C21H17N5O4S. The number of anilines is 1. The SMILES string of the molecule is C=CCN=c1scc(-c2ccc3c(c2)NC(=O)CO3)n1N=Cc1ccc([N+](=O)[O-])cc1. The molecule has 1 aliphatic rings. The highest BCUT2D eigenvalue weighted by Crippen LogP contribution is 2.32. The van der Waals surface area contributed by atoms with Gasteiger partial charge >= 0.3 is 0 Å². The first kappa shape index (κ1) is 20.2. The maximum Gasteiger partial charge on any atom is 0.269 e. The topological polar surface area (TPSA) is 111 Å². The van der Waals surface area contributed by atoms with Crippen LogP contribution in [0.3, 0.4) is 0 Å². The molecule has 0 bridgehead atoms. The summed E-state index contributed by atoms with van der Waals surface area (Å²) in [6, 6.07) is 11.6. The normalized spacial score (nSPS) is 13.5. The Balaban J connectivity index is 1.74. The van der Waals surface area contributed by atoms with Gasteiger partial charge in [-0.3, -0.25) is 19.9 Å². The van der Waals surface area contributed by atoms with Crippen molar-refractivity contribution >= 4 is 34.8 Å². The van der Waals surface area contributed by atoms with Crippen LogP contribution in [0.15, 0.2) is 70.6 Å². The summed E-state index contributed by atoms with van der Waals surface area (Å²) in [6.45, 7) is 4.12. The molecule has 9 nitrogen and oxygen atoms in total. The van der Waals surface area contributed by atoms with Crippen molar-refractivity contribution in [2.45, 2.75) is 0 Å². The number of benzene rings is 2. The molecule has 3 aromatic rings.